The van der Waals surface area contributed by atoms with Crippen LogP contribution >= 0.6 is 0 Å². The molecule has 3 unspecified atom stereocenters. The third-order valence-corrected chi connectivity index (χ3v) is 4.59. The molecule has 5 nitrogen and oxygen atoms in total. The molecule has 3 atom stereocenters. The lowest BCUT2D eigenvalue weighted by Gasteiger charge is -2.23. The number of amides is 1. The summed E-state index contributed by atoms with van der Waals surface area (Å²) in [4.78, 5) is 23.7. The maximum atomic E-state index is 13.1. The number of hydrogen-bond acceptors (Lipinski definition) is 3. The van der Waals surface area contributed by atoms with E-state index in [1.165, 1.54) is 18.2 Å². The number of alkyl halides is 3. The Kier molecular flexibility index (Phi) is 4.03. The van der Waals surface area contributed by atoms with E-state index in [0.717, 1.165) is 6.07 Å². The summed E-state index contributed by atoms with van der Waals surface area (Å²) in [5.41, 5.74) is -2.15. The SMILES string of the molecule is O=C(NC1(C(=O)O)CCOC1)C1CC1c1ccccc1C(F)(F)F. The zero-order valence-electron chi connectivity index (χ0n) is 12.6. The number of carbonyl (C=O) groups is 2. The van der Waals surface area contributed by atoms with Gasteiger partial charge in [0.05, 0.1) is 12.2 Å². The molecule has 24 heavy (non-hydrogen) atoms. The Morgan fingerprint density at radius 1 is 1.29 bits per heavy atom. The standard InChI is InChI=1S/C16H16F3NO4/c17-16(18,19)12-4-2-1-3-9(12)10-7-11(10)13(21)20-15(14(22)23)5-6-24-8-15/h1-4,10-11H,5-8H2,(H,20,21)(H,22,23). The molecule has 2 N–H and O–H groups in total. The van der Waals surface area contributed by atoms with E-state index in [-0.39, 0.29) is 31.6 Å². The minimum Gasteiger partial charge on any atom is -0.479 e. The van der Waals surface area contributed by atoms with E-state index in [0.29, 0.717) is 0 Å². The maximum absolute atomic E-state index is 13.1. The number of carboxylic acid groups (broad SMARTS) is 1. The van der Waals surface area contributed by atoms with Gasteiger partial charge in [0.15, 0.2) is 5.54 Å². The lowest BCUT2D eigenvalue weighted by Crippen LogP contribution is -2.55. The first-order valence-electron chi connectivity index (χ1n) is 7.54. The Balaban J connectivity index is 1.74. The van der Waals surface area contributed by atoms with Crippen LogP contribution in [0.2, 0.25) is 0 Å². The fraction of sp³-hybridized carbons (Fsp3) is 0.500. The van der Waals surface area contributed by atoms with Crippen molar-refractivity contribution < 1.29 is 32.6 Å². The predicted octanol–water partition coefficient (Wildman–Crippen LogP) is 2.17. The molecule has 1 aromatic carbocycles. The van der Waals surface area contributed by atoms with E-state index in [1.54, 1.807) is 0 Å². The summed E-state index contributed by atoms with van der Waals surface area (Å²) in [6.45, 7) is 0.0855. The largest absolute Gasteiger partial charge is 0.479 e. The average Bonchev–Trinajstić information content (AvgIpc) is 3.18. The van der Waals surface area contributed by atoms with Crippen molar-refractivity contribution >= 4 is 11.9 Å². The van der Waals surface area contributed by atoms with E-state index < -0.39 is 41.0 Å². The highest BCUT2D eigenvalue weighted by molar-refractivity contribution is 5.90. The van der Waals surface area contributed by atoms with E-state index in [2.05, 4.69) is 5.32 Å². The number of aliphatic carboxylic acids is 1. The summed E-state index contributed by atoms with van der Waals surface area (Å²) in [5, 5.41) is 11.8. The molecule has 1 saturated carbocycles. The minimum atomic E-state index is -4.48. The molecule has 1 aliphatic carbocycles. The Hall–Kier alpha value is -2.09. The first kappa shape index (κ1) is 16.8. The van der Waals surface area contributed by atoms with Gasteiger partial charge in [0.1, 0.15) is 0 Å². The quantitative estimate of drug-likeness (QED) is 0.879. The molecule has 0 aromatic heterocycles. The third-order valence-electron chi connectivity index (χ3n) is 4.59. The Morgan fingerprint density at radius 3 is 2.58 bits per heavy atom. The molecular weight excluding hydrogens is 327 g/mol. The highest BCUT2D eigenvalue weighted by Gasteiger charge is 2.51. The normalized spacial score (nSPS) is 29.3. The molecular formula is C16H16F3NO4. The van der Waals surface area contributed by atoms with Crippen molar-refractivity contribution in [1.29, 1.82) is 0 Å². The Labute approximate surface area is 135 Å². The van der Waals surface area contributed by atoms with Crippen LogP contribution in [0.15, 0.2) is 24.3 Å². The van der Waals surface area contributed by atoms with Crippen LogP contribution in [0.5, 0.6) is 0 Å². The molecule has 130 valence electrons. The van der Waals surface area contributed by atoms with Gasteiger partial charge in [-0.3, -0.25) is 4.79 Å². The van der Waals surface area contributed by atoms with Gasteiger partial charge in [-0.05, 0) is 24.0 Å². The number of rotatable bonds is 4. The summed E-state index contributed by atoms with van der Waals surface area (Å²) in [6, 6.07) is 5.17. The van der Waals surface area contributed by atoms with Crippen LogP contribution in [0.1, 0.15) is 29.9 Å². The molecule has 1 amide bonds. The van der Waals surface area contributed by atoms with Crippen LogP contribution in [0.3, 0.4) is 0 Å². The number of nitrogens with one attached hydrogen (secondary N) is 1. The van der Waals surface area contributed by atoms with Gasteiger partial charge in [0, 0.05) is 18.9 Å². The van der Waals surface area contributed by atoms with Gasteiger partial charge in [-0.2, -0.15) is 13.2 Å². The highest BCUT2D eigenvalue weighted by Crippen LogP contribution is 2.51. The van der Waals surface area contributed by atoms with Crippen molar-refractivity contribution in [2.75, 3.05) is 13.2 Å². The molecule has 1 aromatic rings. The molecule has 0 bridgehead atoms. The van der Waals surface area contributed by atoms with Gasteiger partial charge in [0.2, 0.25) is 5.91 Å². The zero-order chi connectivity index (χ0) is 17.5. The number of hydrogen-bond donors (Lipinski definition) is 2. The van der Waals surface area contributed by atoms with Gasteiger partial charge < -0.3 is 15.2 Å². The monoisotopic (exact) mass is 343 g/mol. The van der Waals surface area contributed by atoms with Gasteiger partial charge in [-0.25, -0.2) is 4.79 Å². The summed E-state index contributed by atoms with van der Waals surface area (Å²) >= 11 is 0. The van der Waals surface area contributed by atoms with Crippen molar-refractivity contribution in [3.05, 3.63) is 35.4 Å². The number of carbonyl (C=O) groups excluding carboxylic acids is 1. The lowest BCUT2D eigenvalue weighted by molar-refractivity contribution is -0.147. The van der Waals surface area contributed by atoms with Gasteiger partial charge in [0.25, 0.3) is 0 Å². The summed E-state index contributed by atoms with van der Waals surface area (Å²) < 4.78 is 44.2. The van der Waals surface area contributed by atoms with Crippen LogP contribution in [-0.2, 0) is 20.5 Å². The first-order valence-corrected chi connectivity index (χ1v) is 7.54. The third kappa shape index (κ3) is 2.98. The van der Waals surface area contributed by atoms with Crippen molar-refractivity contribution in [3.63, 3.8) is 0 Å². The van der Waals surface area contributed by atoms with E-state index in [1.807, 2.05) is 0 Å². The van der Waals surface area contributed by atoms with Crippen LogP contribution in [-0.4, -0.2) is 35.7 Å². The van der Waals surface area contributed by atoms with Crippen molar-refractivity contribution in [2.24, 2.45) is 5.92 Å². The summed E-state index contributed by atoms with van der Waals surface area (Å²) in [7, 11) is 0. The van der Waals surface area contributed by atoms with E-state index in [4.69, 9.17) is 4.74 Å². The zero-order valence-corrected chi connectivity index (χ0v) is 12.6. The molecule has 0 spiro atoms. The van der Waals surface area contributed by atoms with Crippen LogP contribution < -0.4 is 5.32 Å². The number of benzene rings is 1. The topological polar surface area (TPSA) is 75.6 Å². The highest BCUT2D eigenvalue weighted by atomic mass is 19.4. The van der Waals surface area contributed by atoms with Crippen molar-refractivity contribution in [2.45, 2.75) is 30.5 Å². The fourth-order valence-electron chi connectivity index (χ4n) is 3.12. The number of halogens is 3. The molecule has 0 radical (unpaired) electrons. The summed E-state index contributed by atoms with van der Waals surface area (Å²) in [5.74, 6) is -2.92. The van der Waals surface area contributed by atoms with Crippen molar-refractivity contribution in [1.82, 2.24) is 5.32 Å². The molecule has 3 rings (SSSR count). The Bertz CT molecular complexity index is 668. The summed E-state index contributed by atoms with van der Waals surface area (Å²) in [6.07, 6.45) is -4.07. The minimum absolute atomic E-state index is 0.0807. The molecule has 1 heterocycles. The van der Waals surface area contributed by atoms with Crippen molar-refractivity contribution in [3.8, 4) is 0 Å². The van der Waals surface area contributed by atoms with Gasteiger partial charge >= 0.3 is 12.1 Å². The molecule has 8 heteroatoms. The second-order valence-electron chi connectivity index (χ2n) is 6.21. The Morgan fingerprint density at radius 2 is 2.00 bits per heavy atom. The van der Waals surface area contributed by atoms with Crippen LogP contribution in [0.4, 0.5) is 13.2 Å². The predicted molar refractivity (Wildman–Crippen MR) is 76.2 cm³/mol. The molecule has 2 fully saturated rings. The number of carboxylic acids is 1. The molecule has 1 aliphatic heterocycles. The first-order chi connectivity index (χ1) is 11.2. The fourth-order valence-corrected chi connectivity index (χ4v) is 3.12. The van der Waals surface area contributed by atoms with E-state index >= 15 is 0 Å². The van der Waals surface area contributed by atoms with E-state index in [9.17, 15) is 27.9 Å². The molecule has 1 saturated heterocycles. The van der Waals surface area contributed by atoms with Gasteiger partial charge in [-0.15, -0.1) is 0 Å². The molecule has 2 aliphatic rings. The lowest BCUT2D eigenvalue weighted by atomic mass is 9.97. The smallest absolute Gasteiger partial charge is 0.416 e. The number of ether oxygens (including phenoxy) is 1. The maximum Gasteiger partial charge on any atom is 0.416 e. The van der Waals surface area contributed by atoms with Crippen LogP contribution in [0, 0.1) is 5.92 Å². The van der Waals surface area contributed by atoms with Crippen LogP contribution in [0.25, 0.3) is 0 Å². The average molecular weight is 343 g/mol. The van der Waals surface area contributed by atoms with Gasteiger partial charge in [-0.1, -0.05) is 18.2 Å². The second kappa shape index (κ2) is 5.77. The second-order valence-corrected chi connectivity index (χ2v) is 6.21.